The maximum atomic E-state index is 12.7. The quantitative estimate of drug-likeness (QED) is 0.726. The van der Waals surface area contributed by atoms with E-state index < -0.39 is 5.92 Å². The lowest BCUT2D eigenvalue weighted by Gasteiger charge is -2.20. The third-order valence-electron chi connectivity index (χ3n) is 4.37. The maximum absolute atomic E-state index is 12.7. The summed E-state index contributed by atoms with van der Waals surface area (Å²) in [6.45, 7) is 4.09. The van der Waals surface area contributed by atoms with Gasteiger partial charge in [0.15, 0.2) is 5.13 Å². The van der Waals surface area contributed by atoms with E-state index in [2.05, 4.69) is 16.4 Å². The molecule has 0 aliphatic carbocycles. The van der Waals surface area contributed by atoms with Crippen LogP contribution in [0.15, 0.2) is 22.4 Å². The third kappa shape index (κ3) is 4.29. The average molecular weight is 417 g/mol. The fourth-order valence-corrected chi connectivity index (χ4v) is 4.80. The Morgan fingerprint density at radius 2 is 2.29 bits per heavy atom. The number of hydrogen-bond acceptors (Lipinski definition) is 7. The molecule has 28 heavy (non-hydrogen) atoms. The van der Waals surface area contributed by atoms with E-state index in [0.717, 1.165) is 15.5 Å². The normalized spacial score (nSPS) is 16.1. The molecule has 1 fully saturated rings. The Balaban J connectivity index is 1.71. The molecule has 3 rings (SSSR count). The first-order chi connectivity index (χ1) is 13.4. The summed E-state index contributed by atoms with van der Waals surface area (Å²) < 4.78 is 6.28. The number of thioether (sulfide) groups is 1. The molecule has 146 valence electrons. The van der Waals surface area contributed by atoms with Gasteiger partial charge in [-0.25, -0.2) is 4.98 Å². The molecule has 0 bridgehead atoms. The third-order valence-corrected chi connectivity index (χ3v) is 6.68. The van der Waals surface area contributed by atoms with E-state index >= 15 is 0 Å². The van der Waals surface area contributed by atoms with Gasteiger partial charge in [-0.15, -0.1) is 0 Å². The molecule has 1 aliphatic heterocycles. The number of carbonyl (C=O) groups excluding carboxylic acids is 2. The van der Waals surface area contributed by atoms with E-state index in [1.807, 2.05) is 32.0 Å². The summed E-state index contributed by atoms with van der Waals surface area (Å²) in [4.78, 5) is 31.2. The number of ether oxygens (including phenoxy) is 1. The van der Waals surface area contributed by atoms with Crippen molar-refractivity contribution in [2.75, 3.05) is 29.6 Å². The Labute approximate surface area is 171 Å². The number of thiazole rings is 1. The van der Waals surface area contributed by atoms with Crippen LogP contribution in [0.5, 0.6) is 5.75 Å². The first kappa shape index (κ1) is 20.2. The molecule has 1 aromatic carbocycles. The first-order valence-corrected chi connectivity index (χ1v) is 10.5. The van der Waals surface area contributed by atoms with Gasteiger partial charge in [-0.2, -0.15) is 5.26 Å². The van der Waals surface area contributed by atoms with E-state index in [9.17, 15) is 9.59 Å². The molecule has 1 atom stereocenters. The lowest BCUT2D eigenvalue weighted by molar-refractivity contribution is -0.122. The van der Waals surface area contributed by atoms with Gasteiger partial charge in [0, 0.05) is 13.0 Å². The van der Waals surface area contributed by atoms with Crippen LogP contribution in [0.1, 0.15) is 17.7 Å². The van der Waals surface area contributed by atoms with Crippen LogP contribution in [-0.4, -0.2) is 36.2 Å². The lowest BCUT2D eigenvalue weighted by atomic mass is 10.1. The largest absolute Gasteiger partial charge is 0.495 e. The predicted molar refractivity (Wildman–Crippen MR) is 110 cm³/mol. The molecule has 0 spiro atoms. The number of rotatable bonds is 6. The zero-order chi connectivity index (χ0) is 20.3. The second-order valence-electron chi connectivity index (χ2n) is 6.41. The Hall–Kier alpha value is -2.57. The molecule has 1 unspecified atom stereocenters. The van der Waals surface area contributed by atoms with Gasteiger partial charge >= 0.3 is 0 Å². The predicted octanol–water partition coefficient (Wildman–Crippen LogP) is 3.38. The number of benzene rings is 1. The molecule has 9 heteroatoms. The van der Waals surface area contributed by atoms with Crippen molar-refractivity contribution in [1.29, 1.82) is 5.26 Å². The molecule has 7 nitrogen and oxygen atoms in total. The Morgan fingerprint density at radius 1 is 1.50 bits per heavy atom. The molecular formula is C19H20N4O3S2. The number of hydrogen-bond donors (Lipinski definition) is 1. The van der Waals surface area contributed by atoms with Crippen molar-refractivity contribution in [3.63, 3.8) is 0 Å². The minimum Gasteiger partial charge on any atom is -0.495 e. The van der Waals surface area contributed by atoms with E-state index in [1.54, 1.807) is 12.0 Å². The lowest BCUT2D eigenvalue weighted by Crippen LogP contribution is -2.28. The van der Waals surface area contributed by atoms with Crippen LogP contribution in [-0.2, 0) is 9.59 Å². The monoisotopic (exact) mass is 416 g/mol. The number of aryl methyl sites for hydroxylation is 2. The second-order valence-corrected chi connectivity index (χ2v) is 8.65. The Kier molecular flexibility index (Phi) is 6.21. The first-order valence-electron chi connectivity index (χ1n) is 8.66. The minimum absolute atomic E-state index is 0.107. The SMILES string of the molecule is COc1ccc(C)cc1N1CC(C(=O)Nc2nc(C)c(SCC#N)s2)CC1=O. The highest BCUT2D eigenvalue weighted by atomic mass is 32.2. The molecule has 2 amide bonds. The number of anilines is 2. The van der Waals surface area contributed by atoms with Crippen LogP contribution in [0.4, 0.5) is 10.8 Å². The molecule has 1 saturated heterocycles. The van der Waals surface area contributed by atoms with Gasteiger partial charge in [0.25, 0.3) is 0 Å². The highest BCUT2D eigenvalue weighted by molar-refractivity contribution is 8.01. The maximum Gasteiger partial charge on any atom is 0.231 e. The van der Waals surface area contributed by atoms with Crippen LogP contribution in [0.2, 0.25) is 0 Å². The standard InChI is InChI=1S/C19H20N4O3S2/c1-11-4-5-15(26-3)14(8-11)23-10-13(9-16(23)24)17(25)22-19-21-12(2)18(28-19)27-7-6-20/h4-5,8,13H,7,9-10H2,1-3H3,(H,21,22,25). The number of aromatic nitrogens is 1. The zero-order valence-corrected chi connectivity index (χ0v) is 17.4. The van der Waals surface area contributed by atoms with Gasteiger partial charge in [0.1, 0.15) is 5.75 Å². The second kappa shape index (κ2) is 8.63. The smallest absolute Gasteiger partial charge is 0.231 e. The van der Waals surface area contributed by atoms with E-state index in [-0.39, 0.29) is 18.2 Å². The van der Waals surface area contributed by atoms with Crippen LogP contribution in [0.3, 0.4) is 0 Å². The summed E-state index contributed by atoms with van der Waals surface area (Å²) in [5.74, 6) is 0.144. The summed E-state index contributed by atoms with van der Waals surface area (Å²) in [7, 11) is 1.56. The average Bonchev–Trinajstić information content (AvgIpc) is 3.22. The molecule has 1 N–H and O–H groups in total. The van der Waals surface area contributed by atoms with Gasteiger partial charge in [-0.3, -0.25) is 9.59 Å². The summed E-state index contributed by atoms with van der Waals surface area (Å²) in [5, 5.41) is 12.0. The van der Waals surface area contributed by atoms with Crippen molar-refractivity contribution in [3.05, 3.63) is 29.5 Å². The topological polar surface area (TPSA) is 95.3 Å². The summed E-state index contributed by atoms with van der Waals surface area (Å²) in [6, 6.07) is 7.71. The number of nitrogens with zero attached hydrogens (tertiary/aromatic N) is 3. The van der Waals surface area contributed by atoms with Crippen LogP contribution in [0, 0.1) is 31.1 Å². The zero-order valence-electron chi connectivity index (χ0n) is 15.8. The molecule has 2 heterocycles. The molecule has 1 aliphatic rings. The van der Waals surface area contributed by atoms with Crippen LogP contribution in [0.25, 0.3) is 0 Å². The van der Waals surface area contributed by atoms with Gasteiger partial charge in [-0.05, 0) is 31.5 Å². The van der Waals surface area contributed by atoms with Crippen molar-refractivity contribution < 1.29 is 14.3 Å². The van der Waals surface area contributed by atoms with E-state index in [4.69, 9.17) is 10.00 Å². The van der Waals surface area contributed by atoms with E-state index in [1.165, 1.54) is 23.1 Å². The molecule has 1 aromatic heterocycles. The Morgan fingerprint density at radius 3 is 3.00 bits per heavy atom. The van der Waals surface area contributed by atoms with E-state index in [0.29, 0.717) is 28.9 Å². The highest BCUT2D eigenvalue weighted by Gasteiger charge is 2.36. The fraction of sp³-hybridized carbons (Fsp3) is 0.368. The molecule has 0 radical (unpaired) electrons. The van der Waals surface area contributed by atoms with Crippen LogP contribution < -0.4 is 15.0 Å². The molecule has 0 saturated carbocycles. The van der Waals surface area contributed by atoms with Crippen LogP contribution >= 0.6 is 23.1 Å². The molecule has 2 aromatic rings. The highest BCUT2D eigenvalue weighted by Crippen LogP contribution is 2.35. The van der Waals surface area contributed by atoms with Gasteiger partial charge in [-0.1, -0.05) is 29.2 Å². The van der Waals surface area contributed by atoms with Gasteiger partial charge in [0.05, 0.1) is 40.4 Å². The molecular weight excluding hydrogens is 396 g/mol. The minimum atomic E-state index is -0.461. The summed E-state index contributed by atoms with van der Waals surface area (Å²) in [6.07, 6.45) is 0.142. The van der Waals surface area contributed by atoms with Gasteiger partial charge < -0.3 is 15.0 Å². The number of methoxy groups -OCH3 is 1. The van der Waals surface area contributed by atoms with Crippen molar-refractivity contribution >= 4 is 45.7 Å². The summed E-state index contributed by atoms with van der Waals surface area (Å²) in [5.41, 5.74) is 2.48. The van der Waals surface area contributed by atoms with Crippen molar-refractivity contribution in [2.24, 2.45) is 5.92 Å². The summed E-state index contributed by atoms with van der Waals surface area (Å²) >= 11 is 2.74. The number of nitrogens with one attached hydrogen (secondary N) is 1. The number of nitriles is 1. The van der Waals surface area contributed by atoms with Crippen molar-refractivity contribution in [2.45, 2.75) is 24.5 Å². The van der Waals surface area contributed by atoms with Crippen molar-refractivity contribution in [3.8, 4) is 11.8 Å². The number of amides is 2. The number of carbonyl (C=O) groups is 2. The fourth-order valence-electron chi connectivity index (χ4n) is 3.00. The Bertz CT molecular complexity index is 951. The van der Waals surface area contributed by atoms with Crippen molar-refractivity contribution in [1.82, 2.24) is 4.98 Å². The van der Waals surface area contributed by atoms with Gasteiger partial charge in [0.2, 0.25) is 11.8 Å².